The number of hydrogen-bond acceptors (Lipinski definition) is 1. The van der Waals surface area contributed by atoms with Crippen LogP contribution in [-0.2, 0) is 6.42 Å². The summed E-state index contributed by atoms with van der Waals surface area (Å²) in [4.78, 5) is 0. The van der Waals surface area contributed by atoms with Gasteiger partial charge in [0.25, 0.3) is 0 Å². The van der Waals surface area contributed by atoms with Crippen molar-refractivity contribution in [3.8, 4) is 0 Å². The maximum Gasteiger partial charge on any atom is 0.391 e. The molecule has 1 fully saturated rings. The smallest absolute Gasteiger partial charge is 0.327 e. The number of alkyl halides is 3. The topological polar surface area (TPSA) is 26.0 Å². The van der Waals surface area contributed by atoms with Crippen molar-refractivity contribution in [3.63, 3.8) is 0 Å². The third-order valence-electron chi connectivity index (χ3n) is 4.25. The van der Waals surface area contributed by atoms with Crippen molar-refractivity contribution in [2.24, 2.45) is 17.6 Å². The van der Waals surface area contributed by atoms with Crippen LogP contribution >= 0.6 is 27.5 Å². The highest BCUT2D eigenvalue weighted by Gasteiger charge is 2.43. The summed E-state index contributed by atoms with van der Waals surface area (Å²) in [6.45, 7) is 0. The van der Waals surface area contributed by atoms with Crippen molar-refractivity contribution in [3.05, 3.63) is 33.3 Å². The number of benzene rings is 1. The lowest BCUT2D eigenvalue weighted by Gasteiger charge is -2.34. The van der Waals surface area contributed by atoms with E-state index in [1.54, 1.807) is 6.07 Å². The van der Waals surface area contributed by atoms with E-state index in [9.17, 15) is 13.2 Å². The number of nitrogens with two attached hydrogens (primary N) is 1. The van der Waals surface area contributed by atoms with E-state index in [0.717, 1.165) is 16.5 Å². The van der Waals surface area contributed by atoms with Crippen LogP contribution in [-0.4, -0.2) is 12.2 Å². The Hall–Kier alpha value is -0.260. The molecule has 1 aromatic carbocycles. The molecule has 1 aliphatic rings. The molecule has 1 saturated carbocycles. The minimum absolute atomic E-state index is 0.0925. The first-order valence-corrected chi connectivity index (χ1v) is 8.20. The molecule has 0 aliphatic heterocycles. The Kier molecular flexibility index (Phi) is 5.60. The van der Waals surface area contributed by atoms with E-state index >= 15 is 0 Å². The maximum absolute atomic E-state index is 12.8. The van der Waals surface area contributed by atoms with Gasteiger partial charge in [0.05, 0.1) is 5.92 Å². The Bertz CT molecular complexity index is 492. The molecular formula is C15H18BrClF3N. The molecule has 0 bridgehead atoms. The molecular weight excluding hydrogens is 367 g/mol. The molecule has 21 heavy (non-hydrogen) atoms. The molecule has 2 rings (SSSR count). The van der Waals surface area contributed by atoms with Gasteiger partial charge in [0.1, 0.15) is 0 Å². The summed E-state index contributed by atoms with van der Waals surface area (Å²) >= 11 is 9.48. The van der Waals surface area contributed by atoms with Crippen molar-refractivity contribution in [2.75, 3.05) is 0 Å². The van der Waals surface area contributed by atoms with E-state index in [1.165, 1.54) is 0 Å². The van der Waals surface area contributed by atoms with Crippen LogP contribution in [0.2, 0.25) is 5.02 Å². The first kappa shape index (κ1) is 17.1. The van der Waals surface area contributed by atoms with Crippen molar-refractivity contribution in [2.45, 2.75) is 44.3 Å². The van der Waals surface area contributed by atoms with E-state index in [4.69, 9.17) is 17.3 Å². The largest absolute Gasteiger partial charge is 0.391 e. The van der Waals surface area contributed by atoms with E-state index < -0.39 is 12.1 Å². The Balaban J connectivity index is 2.01. The fraction of sp³-hybridized carbons (Fsp3) is 0.600. The summed E-state index contributed by atoms with van der Waals surface area (Å²) in [5, 5.41) is 0.600. The summed E-state index contributed by atoms with van der Waals surface area (Å²) < 4.78 is 39.4. The van der Waals surface area contributed by atoms with Crippen molar-refractivity contribution in [1.82, 2.24) is 0 Å². The molecule has 118 valence electrons. The van der Waals surface area contributed by atoms with Gasteiger partial charge < -0.3 is 5.73 Å². The van der Waals surface area contributed by atoms with Crippen LogP contribution < -0.4 is 5.73 Å². The average Bonchev–Trinajstić information content (AvgIpc) is 2.41. The third-order valence-corrected chi connectivity index (χ3v) is 5.10. The first-order valence-electron chi connectivity index (χ1n) is 7.03. The van der Waals surface area contributed by atoms with Crippen molar-refractivity contribution >= 4 is 27.5 Å². The van der Waals surface area contributed by atoms with E-state index in [-0.39, 0.29) is 24.8 Å². The molecule has 1 nitrogen and oxygen atoms in total. The predicted octanol–water partition coefficient (Wildman–Crippen LogP) is 5.34. The van der Waals surface area contributed by atoms with Crippen LogP contribution in [0.3, 0.4) is 0 Å². The van der Waals surface area contributed by atoms with Gasteiger partial charge in [-0.1, -0.05) is 40.0 Å². The summed E-state index contributed by atoms with van der Waals surface area (Å²) in [5.41, 5.74) is 7.05. The summed E-state index contributed by atoms with van der Waals surface area (Å²) in [5.74, 6) is -1.30. The maximum atomic E-state index is 12.8. The Morgan fingerprint density at radius 1 is 1.33 bits per heavy atom. The normalized spacial score (nSPS) is 24.9. The lowest BCUT2D eigenvalue weighted by Crippen LogP contribution is -2.38. The van der Waals surface area contributed by atoms with Crippen LogP contribution in [0.15, 0.2) is 22.7 Å². The number of rotatable bonds is 3. The van der Waals surface area contributed by atoms with Crippen LogP contribution in [0.25, 0.3) is 0 Å². The van der Waals surface area contributed by atoms with Gasteiger partial charge >= 0.3 is 6.18 Å². The number of halogens is 5. The highest BCUT2D eigenvalue weighted by molar-refractivity contribution is 9.10. The lowest BCUT2D eigenvalue weighted by atomic mass is 9.76. The molecule has 3 unspecified atom stereocenters. The van der Waals surface area contributed by atoms with Crippen LogP contribution in [0, 0.1) is 11.8 Å². The summed E-state index contributed by atoms with van der Waals surface area (Å²) in [6, 6.07) is 5.24. The summed E-state index contributed by atoms with van der Waals surface area (Å²) in [7, 11) is 0. The highest BCUT2D eigenvalue weighted by Crippen LogP contribution is 2.41. The molecule has 3 atom stereocenters. The molecule has 0 saturated heterocycles. The molecule has 0 amide bonds. The van der Waals surface area contributed by atoms with E-state index in [0.29, 0.717) is 17.9 Å². The highest BCUT2D eigenvalue weighted by atomic mass is 79.9. The second-order valence-corrected chi connectivity index (χ2v) is 7.09. The molecule has 0 aromatic heterocycles. The minimum Gasteiger partial charge on any atom is -0.327 e. The molecule has 0 radical (unpaired) electrons. The third kappa shape index (κ3) is 4.60. The van der Waals surface area contributed by atoms with Gasteiger partial charge in [-0.2, -0.15) is 13.2 Å². The zero-order chi connectivity index (χ0) is 15.6. The zero-order valence-corrected chi connectivity index (χ0v) is 13.8. The standard InChI is InChI=1S/C15H18BrClF3N/c16-12-5-4-9(13(17)8-12)7-14(21)10-2-1-3-11(6-10)15(18,19)20/h4-5,8,10-11,14H,1-3,6-7,21H2. The zero-order valence-electron chi connectivity index (χ0n) is 11.5. The van der Waals surface area contributed by atoms with Gasteiger partial charge in [0.2, 0.25) is 0 Å². The second kappa shape index (κ2) is 6.88. The molecule has 1 aliphatic carbocycles. The van der Waals surface area contributed by atoms with Gasteiger partial charge in [0.15, 0.2) is 0 Å². The van der Waals surface area contributed by atoms with Crippen LogP contribution in [0.4, 0.5) is 13.2 Å². The molecule has 2 N–H and O–H groups in total. The molecule has 0 spiro atoms. The number of hydrogen-bond donors (Lipinski definition) is 1. The SMILES string of the molecule is NC(Cc1ccc(Br)cc1Cl)C1CCCC(C(F)(F)F)C1. The monoisotopic (exact) mass is 383 g/mol. The fourth-order valence-corrected chi connectivity index (χ4v) is 3.77. The van der Waals surface area contributed by atoms with Gasteiger partial charge in [-0.25, -0.2) is 0 Å². The van der Waals surface area contributed by atoms with Gasteiger partial charge in [-0.05, 0) is 49.3 Å². The van der Waals surface area contributed by atoms with Crippen molar-refractivity contribution < 1.29 is 13.2 Å². The lowest BCUT2D eigenvalue weighted by molar-refractivity contribution is -0.186. The Morgan fingerprint density at radius 2 is 2.05 bits per heavy atom. The predicted molar refractivity (Wildman–Crippen MR) is 82.3 cm³/mol. The minimum atomic E-state index is -4.10. The quantitative estimate of drug-likeness (QED) is 0.748. The van der Waals surface area contributed by atoms with Gasteiger partial charge in [-0.3, -0.25) is 0 Å². The van der Waals surface area contributed by atoms with Crippen molar-refractivity contribution in [1.29, 1.82) is 0 Å². The Morgan fingerprint density at radius 3 is 2.67 bits per heavy atom. The molecule has 1 aromatic rings. The molecule has 0 heterocycles. The second-order valence-electron chi connectivity index (χ2n) is 5.77. The van der Waals surface area contributed by atoms with Gasteiger partial charge in [-0.15, -0.1) is 0 Å². The van der Waals surface area contributed by atoms with E-state index in [1.807, 2.05) is 12.1 Å². The van der Waals surface area contributed by atoms with Crippen LogP contribution in [0.5, 0.6) is 0 Å². The summed E-state index contributed by atoms with van der Waals surface area (Å²) in [6.07, 6.45) is -1.86. The van der Waals surface area contributed by atoms with Crippen LogP contribution in [0.1, 0.15) is 31.2 Å². The molecule has 6 heteroatoms. The van der Waals surface area contributed by atoms with Gasteiger partial charge in [0, 0.05) is 15.5 Å². The van der Waals surface area contributed by atoms with E-state index in [2.05, 4.69) is 15.9 Å². The first-order chi connectivity index (χ1) is 9.77. The Labute approximate surface area is 136 Å². The average molecular weight is 385 g/mol. The fourth-order valence-electron chi connectivity index (χ4n) is 3.02.